The van der Waals surface area contributed by atoms with Crippen molar-refractivity contribution in [2.45, 2.75) is 24.9 Å². The van der Waals surface area contributed by atoms with Crippen molar-refractivity contribution in [3.63, 3.8) is 0 Å². The molecule has 174 valence electrons. The summed E-state index contributed by atoms with van der Waals surface area (Å²) in [5.74, 6) is -2.11. The van der Waals surface area contributed by atoms with Gasteiger partial charge >= 0.3 is 12.1 Å². The van der Waals surface area contributed by atoms with E-state index in [0.717, 1.165) is 0 Å². The van der Waals surface area contributed by atoms with E-state index in [4.69, 9.17) is 16.3 Å². The number of benzene rings is 1. The van der Waals surface area contributed by atoms with Crippen molar-refractivity contribution in [3.8, 4) is 0 Å². The maximum atomic E-state index is 12.6. The average Bonchev–Trinajstić information content (AvgIpc) is 2.73. The summed E-state index contributed by atoms with van der Waals surface area (Å²) in [4.78, 5) is 27.5. The monoisotopic (exact) mass is 493 g/mol. The largest absolute Gasteiger partial charge is 0.452 e. The molecular formula is C19H19ClF3N3O5S. The molecule has 0 fully saturated rings. The molecule has 0 spiro atoms. The Bertz CT molecular complexity index is 1090. The van der Waals surface area contributed by atoms with Crippen LogP contribution in [0.4, 0.5) is 19.0 Å². The van der Waals surface area contributed by atoms with Crippen LogP contribution >= 0.6 is 11.6 Å². The van der Waals surface area contributed by atoms with Crippen molar-refractivity contribution in [3.05, 3.63) is 52.7 Å². The van der Waals surface area contributed by atoms with Gasteiger partial charge in [-0.2, -0.15) is 17.5 Å². The van der Waals surface area contributed by atoms with E-state index in [1.807, 2.05) is 0 Å². The number of amides is 1. The minimum Gasteiger partial charge on any atom is -0.452 e. The van der Waals surface area contributed by atoms with Gasteiger partial charge in [0.15, 0.2) is 12.4 Å². The maximum absolute atomic E-state index is 12.6. The van der Waals surface area contributed by atoms with Crippen molar-refractivity contribution in [1.29, 1.82) is 0 Å². The number of sulfonamides is 1. The Morgan fingerprint density at radius 2 is 1.75 bits per heavy atom. The zero-order valence-electron chi connectivity index (χ0n) is 16.9. The van der Waals surface area contributed by atoms with Crippen LogP contribution in [0.1, 0.15) is 29.8 Å². The number of hydrogen-bond acceptors (Lipinski definition) is 6. The lowest BCUT2D eigenvalue weighted by Gasteiger charge is -2.18. The molecule has 1 aromatic heterocycles. The van der Waals surface area contributed by atoms with Gasteiger partial charge < -0.3 is 10.1 Å². The first-order valence-electron chi connectivity index (χ1n) is 9.20. The number of ether oxygens (including phenoxy) is 1. The lowest BCUT2D eigenvalue weighted by atomic mass is 10.2. The first kappa shape index (κ1) is 25.6. The molecule has 1 aromatic carbocycles. The van der Waals surface area contributed by atoms with Crippen molar-refractivity contribution >= 4 is 39.3 Å². The summed E-state index contributed by atoms with van der Waals surface area (Å²) >= 11 is 5.70. The lowest BCUT2D eigenvalue weighted by molar-refractivity contribution is -0.137. The van der Waals surface area contributed by atoms with Gasteiger partial charge in [0, 0.05) is 19.3 Å². The zero-order chi connectivity index (χ0) is 24.1. The number of carbonyl (C=O) groups is 2. The first-order valence-corrected chi connectivity index (χ1v) is 11.0. The zero-order valence-corrected chi connectivity index (χ0v) is 18.5. The molecule has 0 bridgehead atoms. The minimum atomic E-state index is -4.64. The van der Waals surface area contributed by atoms with Crippen LogP contribution in [0.25, 0.3) is 0 Å². The van der Waals surface area contributed by atoms with E-state index in [1.165, 1.54) is 28.6 Å². The Morgan fingerprint density at radius 3 is 2.25 bits per heavy atom. The smallest absolute Gasteiger partial charge is 0.417 e. The van der Waals surface area contributed by atoms with E-state index in [-0.39, 0.29) is 29.4 Å². The molecular weight excluding hydrogens is 475 g/mol. The second kappa shape index (κ2) is 10.3. The SMILES string of the molecule is CCN(CC)S(=O)(=O)c1ccc(C(=O)OCC(=O)Nc2ncc(C(F)(F)F)cc2Cl)cc1. The first-order chi connectivity index (χ1) is 14.9. The molecule has 0 unspecified atom stereocenters. The Hall–Kier alpha value is -2.70. The molecule has 0 aliphatic carbocycles. The highest BCUT2D eigenvalue weighted by Gasteiger charge is 2.31. The molecule has 0 saturated carbocycles. The number of halogens is 4. The Balaban J connectivity index is 1.99. The quantitative estimate of drug-likeness (QED) is 0.563. The van der Waals surface area contributed by atoms with Gasteiger partial charge in [-0.15, -0.1) is 0 Å². The van der Waals surface area contributed by atoms with Crippen LogP contribution in [0.2, 0.25) is 5.02 Å². The van der Waals surface area contributed by atoms with Crippen LogP contribution in [0.3, 0.4) is 0 Å². The highest BCUT2D eigenvalue weighted by atomic mass is 35.5. The molecule has 1 N–H and O–H groups in total. The molecule has 8 nitrogen and oxygen atoms in total. The van der Waals surface area contributed by atoms with Gasteiger partial charge in [0.1, 0.15) is 0 Å². The van der Waals surface area contributed by atoms with Gasteiger partial charge in [-0.3, -0.25) is 4.79 Å². The van der Waals surface area contributed by atoms with E-state index in [9.17, 15) is 31.2 Å². The number of anilines is 1. The topological polar surface area (TPSA) is 106 Å². The highest BCUT2D eigenvalue weighted by Crippen LogP contribution is 2.32. The van der Waals surface area contributed by atoms with E-state index >= 15 is 0 Å². The Labute approximate surface area is 187 Å². The van der Waals surface area contributed by atoms with Crippen LogP contribution in [0, 0.1) is 0 Å². The summed E-state index contributed by atoms with van der Waals surface area (Å²) in [6.07, 6.45) is -4.14. The molecule has 2 aromatic rings. The highest BCUT2D eigenvalue weighted by molar-refractivity contribution is 7.89. The van der Waals surface area contributed by atoms with E-state index < -0.39 is 45.3 Å². The van der Waals surface area contributed by atoms with Crippen LogP contribution in [-0.4, -0.2) is 49.3 Å². The normalized spacial score (nSPS) is 12.0. The fourth-order valence-electron chi connectivity index (χ4n) is 2.54. The van der Waals surface area contributed by atoms with E-state index in [1.54, 1.807) is 13.8 Å². The molecule has 13 heteroatoms. The fourth-order valence-corrected chi connectivity index (χ4v) is 4.21. The molecule has 0 aliphatic heterocycles. The number of nitrogens with one attached hydrogen (secondary N) is 1. The summed E-state index contributed by atoms with van der Waals surface area (Å²) in [6, 6.07) is 5.58. The standard InChI is InChI=1S/C19H19ClF3N3O5S/c1-3-26(4-2)32(29,30)14-7-5-12(6-8-14)18(28)31-11-16(27)25-17-15(20)9-13(10-24-17)19(21,22)23/h5-10H,3-4,11H2,1-2H3,(H,24,25,27). The second-order valence-corrected chi connectivity index (χ2v) is 8.64. The van der Waals surface area contributed by atoms with Gasteiger partial charge in [0.05, 0.1) is 21.0 Å². The summed E-state index contributed by atoms with van der Waals surface area (Å²) in [6.45, 7) is 3.21. The van der Waals surface area contributed by atoms with Gasteiger partial charge in [-0.05, 0) is 30.3 Å². The van der Waals surface area contributed by atoms with Crippen molar-refractivity contribution in [2.24, 2.45) is 0 Å². The molecule has 0 saturated heterocycles. The number of hydrogen-bond donors (Lipinski definition) is 1. The molecule has 1 amide bonds. The van der Waals surface area contributed by atoms with Crippen LogP contribution in [0.5, 0.6) is 0 Å². The number of carbonyl (C=O) groups excluding carboxylic acids is 2. The maximum Gasteiger partial charge on any atom is 0.417 e. The third-order valence-corrected chi connectivity index (χ3v) is 6.55. The summed E-state index contributed by atoms with van der Waals surface area (Å²) in [7, 11) is -3.69. The Morgan fingerprint density at radius 1 is 1.16 bits per heavy atom. The number of nitrogens with zero attached hydrogens (tertiary/aromatic N) is 2. The van der Waals surface area contributed by atoms with Crippen LogP contribution in [0.15, 0.2) is 41.4 Å². The number of pyridine rings is 1. The minimum absolute atomic E-state index is 0.00138. The molecule has 1 heterocycles. The molecule has 0 aliphatic rings. The fraction of sp³-hybridized carbons (Fsp3) is 0.316. The molecule has 2 rings (SSSR count). The Kier molecular flexibility index (Phi) is 8.21. The predicted octanol–water partition coefficient (Wildman–Crippen LogP) is 3.58. The molecule has 0 radical (unpaired) electrons. The lowest BCUT2D eigenvalue weighted by Crippen LogP contribution is -2.30. The number of esters is 1. The third-order valence-electron chi connectivity index (χ3n) is 4.19. The number of alkyl halides is 3. The molecule has 32 heavy (non-hydrogen) atoms. The third kappa shape index (κ3) is 6.17. The van der Waals surface area contributed by atoms with E-state index in [0.29, 0.717) is 12.3 Å². The number of rotatable bonds is 8. The van der Waals surface area contributed by atoms with Crippen molar-refractivity contribution in [1.82, 2.24) is 9.29 Å². The van der Waals surface area contributed by atoms with Crippen molar-refractivity contribution < 1.29 is 35.9 Å². The second-order valence-electron chi connectivity index (χ2n) is 6.29. The van der Waals surface area contributed by atoms with Crippen LogP contribution in [-0.2, 0) is 25.7 Å². The van der Waals surface area contributed by atoms with Gasteiger partial charge in [-0.25, -0.2) is 18.2 Å². The summed E-state index contributed by atoms with van der Waals surface area (Å²) in [5.41, 5.74) is -1.08. The van der Waals surface area contributed by atoms with E-state index in [2.05, 4.69) is 10.3 Å². The average molecular weight is 494 g/mol. The predicted molar refractivity (Wildman–Crippen MR) is 110 cm³/mol. The van der Waals surface area contributed by atoms with Crippen molar-refractivity contribution in [2.75, 3.05) is 25.0 Å². The number of aromatic nitrogens is 1. The van der Waals surface area contributed by atoms with Gasteiger partial charge in [0.25, 0.3) is 5.91 Å². The van der Waals surface area contributed by atoms with Gasteiger partial charge in [0.2, 0.25) is 10.0 Å². The van der Waals surface area contributed by atoms with Gasteiger partial charge in [-0.1, -0.05) is 25.4 Å². The summed E-state index contributed by atoms with van der Waals surface area (Å²) < 4.78 is 68.8. The summed E-state index contributed by atoms with van der Waals surface area (Å²) in [5, 5.41) is 1.70. The van der Waals surface area contributed by atoms with Crippen LogP contribution < -0.4 is 5.32 Å². The molecule has 0 atom stereocenters.